The molecule has 2 fully saturated rings. The highest BCUT2D eigenvalue weighted by Crippen LogP contribution is 2.25. The zero-order chi connectivity index (χ0) is 12.1. The Hall–Kier alpha value is -0.570. The van der Waals surface area contributed by atoms with E-state index in [4.69, 9.17) is 5.11 Å². The van der Waals surface area contributed by atoms with E-state index in [0.717, 1.165) is 31.8 Å². The van der Waals surface area contributed by atoms with Crippen molar-refractivity contribution in [2.45, 2.75) is 51.4 Å². The lowest BCUT2D eigenvalue weighted by molar-refractivity contribution is -0.143. The minimum absolute atomic E-state index is 0.0830. The summed E-state index contributed by atoms with van der Waals surface area (Å²) in [5, 5.41) is 8.96. The molecule has 3 heteroatoms. The molecule has 0 aromatic heterocycles. The van der Waals surface area contributed by atoms with Gasteiger partial charge in [0.05, 0.1) is 5.92 Å². The third kappa shape index (κ3) is 3.98. The Morgan fingerprint density at radius 1 is 1.00 bits per heavy atom. The first-order valence-corrected chi connectivity index (χ1v) is 7.21. The van der Waals surface area contributed by atoms with Crippen LogP contribution in [0, 0.1) is 11.8 Å². The van der Waals surface area contributed by atoms with Crippen LogP contribution in [0.2, 0.25) is 0 Å². The molecule has 1 saturated carbocycles. The van der Waals surface area contributed by atoms with Crippen LogP contribution >= 0.6 is 0 Å². The molecule has 1 saturated heterocycles. The van der Waals surface area contributed by atoms with Crippen LogP contribution in [0.4, 0.5) is 0 Å². The number of nitrogens with zero attached hydrogens (tertiary/aromatic N) is 1. The van der Waals surface area contributed by atoms with Crippen molar-refractivity contribution in [1.82, 2.24) is 4.90 Å². The van der Waals surface area contributed by atoms with Gasteiger partial charge in [0.1, 0.15) is 0 Å². The Morgan fingerprint density at radius 3 is 2.12 bits per heavy atom. The average Bonchev–Trinajstić information content (AvgIpc) is 2.58. The Kier molecular flexibility index (Phi) is 4.84. The Balaban J connectivity index is 1.71. The summed E-state index contributed by atoms with van der Waals surface area (Å²) in [6.45, 7) is 3.20. The lowest BCUT2D eigenvalue weighted by atomic mass is 9.94. The molecular formula is C14H25NO2. The van der Waals surface area contributed by atoms with Crippen LogP contribution in [0.5, 0.6) is 0 Å². The van der Waals surface area contributed by atoms with Crippen molar-refractivity contribution in [3.05, 3.63) is 0 Å². The van der Waals surface area contributed by atoms with Crippen LogP contribution in [-0.2, 0) is 4.79 Å². The Morgan fingerprint density at radius 2 is 1.59 bits per heavy atom. The molecule has 3 nitrogen and oxygen atoms in total. The summed E-state index contributed by atoms with van der Waals surface area (Å²) in [6.07, 6.45) is 10.1. The topological polar surface area (TPSA) is 40.5 Å². The SMILES string of the molecule is O=C(O)C1CCN(CC2CCCCCC2)CC1. The fraction of sp³-hybridized carbons (Fsp3) is 0.929. The van der Waals surface area contributed by atoms with Crippen molar-refractivity contribution in [1.29, 1.82) is 0 Å². The van der Waals surface area contributed by atoms with Crippen molar-refractivity contribution in [3.8, 4) is 0 Å². The van der Waals surface area contributed by atoms with Crippen LogP contribution in [0.15, 0.2) is 0 Å². The minimum Gasteiger partial charge on any atom is -0.481 e. The van der Waals surface area contributed by atoms with Crippen molar-refractivity contribution >= 4 is 5.97 Å². The summed E-state index contributed by atoms with van der Waals surface area (Å²) < 4.78 is 0. The molecule has 1 N–H and O–H groups in total. The van der Waals surface area contributed by atoms with Crippen LogP contribution in [0.1, 0.15) is 51.4 Å². The fourth-order valence-electron chi connectivity index (χ4n) is 3.27. The van der Waals surface area contributed by atoms with Crippen LogP contribution in [-0.4, -0.2) is 35.6 Å². The smallest absolute Gasteiger partial charge is 0.306 e. The van der Waals surface area contributed by atoms with E-state index in [1.54, 1.807) is 0 Å². The molecule has 0 spiro atoms. The Labute approximate surface area is 104 Å². The maximum atomic E-state index is 10.9. The number of aliphatic carboxylic acids is 1. The van der Waals surface area contributed by atoms with Gasteiger partial charge in [0.15, 0.2) is 0 Å². The predicted molar refractivity (Wildman–Crippen MR) is 68.0 cm³/mol. The molecule has 0 aromatic carbocycles. The lowest BCUT2D eigenvalue weighted by Gasteiger charge is -2.32. The molecule has 2 aliphatic rings. The minimum atomic E-state index is -0.598. The normalized spacial score (nSPS) is 25.6. The fourth-order valence-corrected chi connectivity index (χ4v) is 3.27. The first kappa shape index (κ1) is 12.9. The van der Waals surface area contributed by atoms with Gasteiger partial charge in [-0.1, -0.05) is 25.7 Å². The predicted octanol–water partition coefficient (Wildman–Crippen LogP) is 2.75. The molecule has 2 rings (SSSR count). The van der Waals surface area contributed by atoms with Gasteiger partial charge in [-0.25, -0.2) is 0 Å². The number of carboxylic acids is 1. The average molecular weight is 239 g/mol. The molecule has 1 heterocycles. The van der Waals surface area contributed by atoms with Gasteiger partial charge in [-0.15, -0.1) is 0 Å². The second kappa shape index (κ2) is 6.39. The first-order chi connectivity index (χ1) is 8.25. The van der Waals surface area contributed by atoms with Gasteiger partial charge in [0, 0.05) is 6.54 Å². The summed E-state index contributed by atoms with van der Waals surface area (Å²) in [6, 6.07) is 0. The molecule has 0 radical (unpaired) electrons. The highest BCUT2D eigenvalue weighted by atomic mass is 16.4. The summed E-state index contributed by atoms with van der Waals surface area (Å²) in [7, 11) is 0. The molecule has 17 heavy (non-hydrogen) atoms. The maximum Gasteiger partial charge on any atom is 0.306 e. The van der Waals surface area contributed by atoms with Crippen LogP contribution in [0.3, 0.4) is 0 Å². The molecular weight excluding hydrogens is 214 g/mol. The van der Waals surface area contributed by atoms with Crippen LogP contribution in [0.25, 0.3) is 0 Å². The lowest BCUT2D eigenvalue weighted by Crippen LogP contribution is -2.39. The van der Waals surface area contributed by atoms with Crippen molar-refractivity contribution in [2.75, 3.05) is 19.6 Å². The maximum absolute atomic E-state index is 10.9. The number of hydrogen-bond donors (Lipinski definition) is 1. The van der Waals surface area contributed by atoms with E-state index in [-0.39, 0.29) is 5.92 Å². The second-order valence-electron chi connectivity index (χ2n) is 5.77. The summed E-state index contributed by atoms with van der Waals surface area (Å²) in [4.78, 5) is 13.4. The highest BCUT2D eigenvalue weighted by molar-refractivity contribution is 5.70. The third-order valence-corrected chi connectivity index (χ3v) is 4.43. The molecule has 1 aliphatic carbocycles. The van der Waals surface area contributed by atoms with Crippen molar-refractivity contribution in [2.24, 2.45) is 11.8 Å². The van der Waals surface area contributed by atoms with Gasteiger partial charge in [-0.3, -0.25) is 4.79 Å². The number of carbonyl (C=O) groups is 1. The summed E-state index contributed by atoms with van der Waals surface area (Å²) in [5.74, 6) is 0.193. The molecule has 0 unspecified atom stereocenters. The van der Waals surface area contributed by atoms with Gasteiger partial charge in [-0.05, 0) is 44.7 Å². The molecule has 0 amide bonds. The van der Waals surface area contributed by atoms with Crippen LogP contribution < -0.4 is 0 Å². The summed E-state index contributed by atoms with van der Waals surface area (Å²) in [5.41, 5.74) is 0. The molecule has 98 valence electrons. The van der Waals surface area contributed by atoms with Gasteiger partial charge in [-0.2, -0.15) is 0 Å². The van der Waals surface area contributed by atoms with Gasteiger partial charge in [0.25, 0.3) is 0 Å². The van der Waals surface area contributed by atoms with E-state index < -0.39 is 5.97 Å². The number of carboxylic acid groups (broad SMARTS) is 1. The number of rotatable bonds is 3. The first-order valence-electron chi connectivity index (χ1n) is 7.21. The number of piperidine rings is 1. The van der Waals surface area contributed by atoms with Gasteiger partial charge < -0.3 is 10.0 Å². The van der Waals surface area contributed by atoms with E-state index in [9.17, 15) is 4.79 Å². The third-order valence-electron chi connectivity index (χ3n) is 4.43. The molecule has 0 atom stereocenters. The van der Waals surface area contributed by atoms with E-state index >= 15 is 0 Å². The van der Waals surface area contributed by atoms with E-state index in [0.29, 0.717) is 0 Å². The van der Waals surface area contributed by atoms with E-state index in [2.05, 4.69) is 4.90 Å². The zero-order valence-corrected chi connectivity index (χ0v) is 10.7. The standard InChI is InChI=1S/C14H25NO2/c16-14(17)13-7-9-15(10-8-13)11-12-5-3-1-2-4-6-12/h12-13H,1-11H2,(H,16,17). The van der Waals surface area contributed by atoms with Gasteiger partial charge >= 0.3 is 5.97 Å². The summed E-state index contributed by atoms with van der Waals surface area (Å²) >= 11 is 0. The largest absolute Gasteiger partial charge is 0.481 e. The van der Waals surface area contributed by atoms with Gasteiger partial charge in [0.2, 0.25) is 0 Å². The van der Waals surface area contributed by atoms with E-state index in [1.807, 2.05) is 0 Å². The Bertz CT molecular complexity index is 239. The van der Waals surface area contributed by atoms with E-state index in [1.165, 1.54) is 45.1 Å². The highest BCUT2D eigenvalue weighted by Gasteiger charge is 2.25. The number of likely N-dealkylation sites (tertiary alicyclic amines) is 1. The number of hydrogen-bond acceptors (Lipinski definition) is 2. The molecule has 1 aliphatic heterocycles. The van der Waals surface area contributed by atoms with Crippen molar-refractivity contribution < 1.29 is 9.90 Å². The van der Waals surface area contributed by atoms with Crippen molar-refractivity contribution in [3.63, 3.8) is 0 Å². The molecule has 0 aromatic rings. The zero-order valence-electron chi connectivity index (χ0n) is 10.7. The monoisotopic (exact) mass is 239 g/mol. The quantitative estimate of drug-likeness (QED) is 0.770. The molecule has 0 bridgehead atoms. The second-order valence-corrected chi connectivity index (χ2v) is 5.77.